The van der Waals surface area contributed by atoms with Crippen LogP contribution in [0.5, 0.6) is 0 Å². The Labute approximate surface area is 182 Å². The maximum atomic E-state index is 6.48. The van der Waals surface area contributed by atoms with E-state index in [0.717, 1.165) is 32.8 Å². The predicted octanol–water partition coefficient (Wildman–Crippen LogP) is 8.68. The van der Waals surface area contributed by atoms with Crippen molar-refractivity contribution in [3.8, 4) is 0 Å². The van der Waals surface area contributed by atoms with Gasteiger partial charge in [-0.25, -0.2) is 0 Å². The van der Waals surface area contributed by atoms with Gasteiger partial charge in [0.2, 0.25) is 0 Å². The fourth-order valence-corrected chi connectivity index (χ4v) is 5.55. The van der Waals surface area contributed by atoms with E-state index < -0.39 is 0 Å². The predicted molar refractivity (Wildman–Crippen MR) is 136 cm³/mol. The summed E-state index contributed by atoms with van der Waals surface area (Å²) < 4.78 is 6.48. The first kappa shape index (κ1) is 16.4. The first-order valence-electron chi connectivity index (χ1n) is 11.0. The number of aromatic nitrogens is 1. The van der Waals surface area contributed by atoms with Gasteiger partial charge in [0.05, 0.1) is 5.52 Å². The van der Waals surface area contributed by atoms with E-state index in [9.17, 15) is 0 Å². The summed E-state index contributed by atoms with van der Waals surface area (Å²) in [4.78, 5) is 3.76. The summed E-state index contributed by atoms with van der Waals surface area (Å²) in [7, 11) is 0. The van der Waals surface area contributed by atoms with E-state index in [1.807, 2.05) is 0 Å². The van der Waals surface area contributed by atoms with E-state index in [2.05, 4.69) is 102 Å². The van der Waals surface area contributed by atoms with Gasteiger partial charge in [-0.2, -0.15) is 0 Å². The lowest BCUT2D eigenvalue weighted by Crippen LogP contribution is -1.80. The Bertz CT molecular complexity index is 2040. The topological polar surface area (TPSA) is 28.9 Å². The largest absolute Gasteiger partial charge is 0.455 e. The summed E-state index contributed by atoms with van der Waals surface area (Å²) in [6.07, 6.45) is 0. The Hall–Kier alpha value is -4.30. The van der Waals surface area contributed by atoms with Crippen LogP contribution in [0.15, 0.2) is 101 Å². The molecule has 0 aliphatic heterocycles. The third-order valence-corrected chi connectivity index (χ3v) is 6.96. The van der Waals surface area contributed by atoms with E-state index in [1.165, 1.54) is 43.2 Å². The highest BCUT2D eigenvalue weighted by Gasteiger charge is 2.17. The minimum Gasteiger partial charge on any atom is -0.455 e. The molecule has 0 amide bonds. The average molecular weight is 407 g/mol. The molecule has 148 valence electrons. The van der Waals surface area contributed by atoms with Gasteiger partial charge < -0.3 is 9.40 Å². The molecule has 0 aliphatic carbocycles. The molecule has 0 saturated carbocycles. The minimum atomic E-state index is 0.932. The molecule has 0 fully saturated rings. The van der Waals surface area contributed by atoms with Crippen molar-refractivity contribution in [1.29, 1.82) is 0 Å². The van der Waals surface area contributed by atoms with Gasteiger partial charge in [0.15, 0.2) is 0 Å². The first-order chi connectivity index (χ1) is 15.9. The van der Waals surface area contributed by atoms with Crippen LogP contribution in [0, 0.1) is 0 Å². The highest BCUT2D eigenvalue weighted by atomic mass is 16.3. The summed E-state index contributed by atoms with van der Waals surface area (Å²) in [5.74, 6) is 0. The van der Waals surface area contributed by atoms with E-state index in [1.54, 1.807) is 0 Å². The number of hydrogen-bond acceptors (Lipinski definition) is 1. The van der Waals surface area contributed by atoms with Crippen LogP contribution in [-0.4, -0.2) is 4.98 Å². The Morgan fingerprint density at radius 1 is 0.500 bits per heavy atom. The molecule has 2 heteroatoms. The van der Waals surface area contributed by atoms with Crippen molar-refractivity contribution in [1.82, 2.24) is 4.98 Å². The van der Waals surface area contributed by atoms with Gasteiger partial charge in [-0.1, -0.05) is 78.9 Å². The SMILES string of the molecule is c1ccc2c(c1)ccc1c3cc4[nH]c5c6ccccc6c6ccccc6c5c4cc3oc21. The minimum absolute atomic E-state index is 0.932. The summed E-state index contributed by atoms with van der Waals surface area (Å²) in [5, 5.41) is 12.2. The van der Waals surface area contributed by atoms with Gasteiger partial charge in [0, 0.05) is 37.8 Å². The van der Waals surface area contributed by atoms with E-state index in [-0.39, 0.29) is 0 Å². The van der Waals surface area contributed by atoms with Crippen molar-refractivity contribution in [3.63, 3.8) is 0 Å². The molecule has 2 heterocycles. The molecule has 0 bridgehead atoms. The molecule has 8 aromatic rings. The van der Waals surface area contributed by atoms with Crippen molar-refractivity contribution in [2.24, 2.45) is 0 Å². The van der Waals surface area contributed by atoms with Crippen molar-refractivity contribution in [2.45, 2.75) is 0 Å². The van der Waals surface area contributed by atoms with Crippen LogP contribution in [-0.2, 0) is 0 Å². The van der Waals surface area contributed by atoms with Crippen LogP contribution in [0.25, 0.3) is 76.1 Å². The zero-order valence-electron chi connectivity index (χ0n) is 17.1. The quantitative estimate of drug-likeness (QED) is 0.250. The summed E-state index contributed by atoms with van der Waals surface area (Å²) in [5.41, 5.74) is 4.23. The van der Waals surface area contributed by atoms with Gasteiger partial charge in [-0.15, -0.1) is 0 Å². The number of nitrogens with one attached hydrogen (secondary N) is 1. The van der Waals surface area contributed by atoms with Crippen LogP contribution in [0.1, 0.15) is 0 Å². The number of fused-ring (bicyclic) bond motifs is 13. The Morgan fingerprint density at radius 2 is 1.19 bits per heavy atom. The van der Waals surface area contributed by atoms with E-state index in [0.29, 0.717) is 0 Å². The third kappa shape index (κ3) is 1.95. The summed E-state index contributed by atoms with van der Waals surface area (Å²) >= 11 is 0. The summed E-state index contributed by atoms with van der Waals surface area (Å²) in [6.45, 7) is 0. The molecule has 0 aliphatic rings. The second-order valence-electron chi connectivity index (χ2n) is 8.63. The van der Waals surface area contributed by atoms with Gasteiger partial charge >= 0.3 is 0 Å². The molecule has 2 nitrogen and oxygen atoms in total. The van der Waals surface area contributed by atoms with Gasteiger partial charge in [-0.3, -0.25) is 0 Å². The van der Waals surface area contributed by atoms with Crippen LogP contribution in [0.4, 0.5) is 0 Å². The molecule has 0 atom stereocenters. The molecule has 0 saturated heterocycles. The third-order valence-electron chi connectivity index (χ3n) is 6.96. The number of rotatable bonds is 0. The first-order valence-corrected chi connectivity index (χ1v) is 11.0. The number of furan rings is 1. The molecule has 8 rings (SSSR count). The Kier molecular flexibility index (Phi) is 2.91. The highest BCUT2D eigenvalue weighted by molar-refractivity contribution is 6.32. The molecule has 0 spiro atoms. The monoisotopic (exact) mass is 407 g/mol. The zero-order chi connectivity index (χ0) is 20.8. The fraction of sp³-hybridized carbons (Fsp3) is 0. The average Bonchev–Trinajstić information content (AvgIpc) is 3.41. The van der Waals surface area contributed by atoms with E-state index >= 15 is 0 Å². The molecule has 32 heavy (non-hydrogen) atoms. The number of hydrogen-bond donors (Lipinski definition) is 1. The zero-order valence-corrected chi connectivity index (χ0v) is 17.1. The maximum absolute atomic E-state index is 6.48. The molecule has 2 aromatic heterocycles. The number of H-pyrrole nitrogens is 1. The normalized spacial score (nSPS) is 12.4. The van der Waals surface area contributed by atoms with Crippen LogP contribution in [0.2, 0.25) is 0 Å². The molecular weight excluding hydrogens is 390 g/mol. The molecular formula is C30H17NO. The maximum Gasteiger partial charge on any atom is 0.143 e. The highest BCUT2D eigenvalue weighted by Crippen LogP contribution is 2.42. The van der Waals surface area contributed by atoms with Crippen LogP contribution in [0.3, 0.4) is 0 Å². The van der Waals surface area contributed by atoms with Gasteiger partial charge in [-0.05, 0) is 39.7 Å². The fourth-order valence-electron chi connectivity index (χ4n) is 5.55. The second-order valence-corrected chi connectivity index (χ2v) is 8.63. The molecule has 0 radical (unpaired) electrons. The van der Waals surface area contributed by atoms with Gasteiger partial charge in [0.25, 0.3) is 0 Å². The molecule has 6 aromatic carbocycles. The lowest BCUT2D eigenvalue weighted by atomic mass is 9.96. The van der Waals surface area contributed by atoms with Crippen molar-refractivity contribution in [2.75, 3.05) is 0 Å². The molecule has 0 unspecified atom stereocenters. The lowest BCUT2D eigenvalue weighted by Gasteiger charge is -2.06. The van der Waals surface area contributed by atoms with Crippen molar-refractivity contribution >= 4 is 76.1 Å². The summed E-state index contributed by atoms with van der Waals surface area (Å²) in [6, 6.07) is 34.6. The van der Waals surface area contributed by atoms with Gasteiger partial charge in [0.1, 0.15) is 11.2 Å². The second kappa shape index (κ2) is 5.68. The van der Waals surface area contributed by atoms with E-state index in [4.69, 9.17) is 4.42 Å². The van der Waals surface area contributed by atoms with Crippen LogP contribution >= 0.6 is 0 Å². The lowest BCUT2D eigenvalue weighted by molar-refractivity contribution is 0.673. The van der Waals surface area contributed by atoms with Crippen molar-refractivity contribution < 1.29 is 4.42 Å². The molecule has 1 N–H and O–H groups in total. The Balaban J connectivity index is 1.61. The number of benzene rings is 6. The standard InChI is InChI=1S/C30H17NO/c1-2-8-18-17(7-1)13-14-23-24-15-26-25(16-27(24)32-30(18)23)28-21-11-5-3-9-19(21)20-10-4-6-12-22(20)29(28)31-26/h1-16,31H. The Morgan fingerprint density at radius 3 is 2.03 bits per heavy atom. The smallest absolute Gasteiger partial charge is 0.143 e. The van der Waals surface area contributed by atoms with Crippen molar-refractivity contribution in [3.05, 3.63) is 97.1 Å². The van der Waals surface area contributed by atoms with Crippen LogP contribution < -0.4 is 0 Å². The number of aromatic amines is 1.